The number of rotatable bonds is 5. The second-order valence-corrected chi connectivity index (χ2v) is 5.35. The SMILES string of the molecule is CC(O)CN(C)C(=O)NCCc1cccc2ccccc12. The van der Waals surface area contributed by atoms with E-state index in [1.807, 2.05) is 18.2 Å². The molecule has 0 aliphatic heterocycles. The van der Waals surface area contributed by atoms with Crippen molar-refractivity contribution in [2.24, 2.45) is 0 Å². The number of fused-ring (bicyclic) bond motifs is 1. The molecule has 4 heteroatoms. The van der Waals surface area contributed by atoms with Crippen molar-refractivity contribution in [1.29, 1.82) is 0 Å². The van der Waals surface area contributed by atoms with Gasteiger partial charge in [-0.15, -0.1) is 0 Å². The minimum atomic E-state index is -0.515. The molecule has 0 saturated heterocycles. The summed E-state index contributed by atoms with van der Waals surface area (Å²) in [5.74, 6) is 0. The molecule has 0 heterocycles. The number of hydrogen-bond donors (Lipinski definition) is 2. The van der Waals surface area contributed by atoms with Crippen LogP contribution in [-0.4, -0.2) is 42.3 Å². The second-order valence-electron chi connectivity index (χ2n) is 5.35. The van der Waals surface area contributed by atoms with Gasteiger partial charge < -0.3 is 15.3 Å². The number of nitrogens with zero attached hydrogens (tertiary/aromatic N) is 1. The summed E-state index contributed by atoms with van der Waals surface area (Å²) >= 11 is 0. The lowest BCUT2D eigenvalue weighted by Gasteiger charge is -2.19. The third-order valence-electron chi connectivity index (χ3n) is 3.44. The van der Waals surface area contributed by atoms with Crippen LogP contribution >= 0.6 is 0 Å². The molecule has 0 aromatic heterocycles. The minimum Gasteiger partial charge on any atom is -0.392 e. The van der Waals surface area contributed by atoms with Gasteiger partial charge >= 0.3 is 6.03 Å². The van der Waals surface area contributed by atoms with Crippen LogP contribution in [0.2, 0.25) is 0 Å². The van der Waals surface area contributed by atoms with E-state index in [9.17, 15) is 9.90 Å². The van der Waals surface area contributed by atoms with Gasteiger partial charge in [0.05, 0.1) is 6.10 Å². The van der Waals surface area contributed by atoms with Crippen LogP contribution in [0.4, 0.5) is 4.79 Å². The van der Waals surface area contributed by atoms with Gasteiger partial charge in [-0.25, -0.2) is 4.79 Å². The first-order chi connectivity index (χ1) is 10.1. The highest BCUT2D eigenvalue weighted by Crippen LogP contribution is 2.18. The molecule has 112 valence electrons. The summed E-state index contributed by atoms with van der Waals surface area (Å²) in [7, 11) is 1.68. The van der Waals surface area contributed by atoms with Crippen molar-refractivity contribution in [3.63, 3.8) is 0 Å². The lowest BCUT2D eigenvalue weighted by Crippen LogP contribution is -2.41. The van der Waals surface area contributed by atoms with E-state index in [4.69, 9.17) is 0 Å². The standard InChI is InChI=1S/C17H22N2O2/c1-13(20)12-19(2)17(21)18-11-10-15-8-5-7-14-6-3-4-9-16(14)15/h3-9,13,20H,10-12H2,1-2H3,(H,18,21). The van der Waals surface area contributed by atoms with Crippen molar-refractivity contribution in [3.05, 3.63) is 48.0 Å². The number of aliphatic hydroxyl groups is 1. The predicted octanol–water partition coefficient (Wildman–Crippen LogP) is 2.40. The van der Waals surface area contributed by atoms with E-state index in [0.717, 1.165) is 6.42 Å². The minimum absolute atomic E-state index is 0.156. The lowest BCUT2D eigenvalue weighted by molar-refractivity contribution is 0.144. The van der Waals surface area contributed by atoms with Gasteiger partial charge in [0.15, 0.2) is 0 Å². The zero-order valence-corrected chi connectivity index (χ0v) is 12.5. The van der Waals surface area contributed by atoms with Crippen molar-refractivity contribution in [2.75, 3.05) is 20.1 Å². The van der Waals surface area contributed by atoms with Gasteiger partial charge in [0, 0.05) is 20.1 Å². The number of aliphatic hydroxyl groups excluding tert-OH is 1. The van der Waals surface area contributed by atoms with Gasteiger partial charge in [0.1, 0.15) is 0 Å². The molecule has 1 unspecified atom stereocenters. The van der Waals surface area contributed by atoms with E-state index in [1.54, 1.807) is 14.0 Å². The Kier molecular flexibility index (Phi) is 5.17. The summed E-state index contributed by atoms with van der Waals surface area (Å²) in [6, 6.07) is 14.3. The van der Waals surface area contributed by atoms with Crippen LogP contribution in [0.15, 0.2) is 42.5 Å². The molecule has 2 rings (SSSR count). The highest BCUT2D eigenvalue weighted by Gasteiger charge is 2.10. The molecule has 2 N–H and O–H groups in total. The highest BCUT2D eigenvalue weighted by atomic mass is 16.3. The maximum absolute atomic E-state index is 11.8. The molecule has 2 amide bonds. The average molecular weight is 286 g/mol. The fourth-order valence-corrected chi connectivity index (χ4v) is 2.43. The molecular formula is C17H22N2O2. The highest BCUT2D eigenvalue weighted by molar-refractivity contribution is 5.85. The monoisotopic (exact) mass is 286 g/mol. The summed E-state index contributed by atoms with van der Waals surface area (Å²) in [5.41, 5.74) is 1.23. The smallest absolute Gasteiger partial charge is 0.317 e. The zero-order valence-electron chi connectivity index (χ0n) is 12.5. The number of urea groups is 1. The van der Waals surface area contributed by atoms with Gasteiger partial charge in [0.2, 0.25) is 0 Å². The Morgan fingerprint density at radius 2 is 1.95 bits per heavy atom. The first-order valence-electron chi connectivity index (χ1n) is 7.21. The number of likely N-dealkylation sites (N-methyl/N-ethyl adjacent to an activating group) is 1. The molecule has 2 aromatic rings. The molecular weight excluding hydrogens is 264 g/mol. The Morgan fingerprint density at radius 1 is 1.24 bits per heavy atom. The number of nitrogens with one attached hydrogen (secondary N) is 1. The number of benzene rings is 2. The van der Waals surface area contributed by atoms with Crippen LogP contribution in [-0.2, 0) is 6.42 Å². The van der Waals surface area contributed by atoms with Gasteiger partial charge in [-0.05, 0) is 29.7 Å². The summed E-state index contributed by atoms with van der Waals surface area (Å²) in [6.07, 6.45) is 0.272. The van der Waals surface area contributed by atoms with Gasteiger partial charge in [0.25, 0.3) is 0 Å². The topological polar surface area (TPSA) is 52.6 Å². The van der Waals surface area contributed by atoms with E-state index in [-0.39, 0.29) is 6.03 Å². The van der Waals surface area contributed by atoms with E-state index in [1.165, 1.54) is 21.2 Å². The molecule has 0 saturated carbocycles. The van der Waals surface area contributed by atoms with Crippen molar-refractivity contribution in [3.8, 4) is 0 Å². The third kappa shape index (κ3) is 4.20. The predicted molar refractivity (Wildman–Crippen MR) is 85.4 cm³/mol. The van der Waals surface area contributed by atoms with Crippen molar-refractivity contribution in [1.82, 2.24) is 10.2 Å². The summed E-state index contributed by atoms with van der Waals surface area (Å²) < 4.78 is 0. The average Bonchev–Trinajstić information content (AvgIpc) is 2.46. The molecule has 1 atom stereocenters. The fourth-order valence-electron chi connectivity index (χ4n) is 2.43. The summed E-state index contributed by atoms with van der Waals surface area (Å²) in [5, 5.41) is 14.6. The molecule has 0 aliphatic carbocycles. The number of amides is 2. The Bertz CT molecular complexity index is 605. The third-order valence-corrected chi connectivity index (χ3v) is 3.44. The van der Waals surface area contributed by atoms with Crippen LogP contribution in [0, 0.1) is 0 Å². The quantitative estimate of drug-likeness (QED) is 0.887. The van der Waals surface area contributed by atoms with Crippen LogP contribution < -0.4 is 5.32 Å². The van der Waals surface area contributed by atoms with Crippen LogP contribution in [0.25, 0.3) is 10.8 Å². The molecule has 0 spiro atoms. The fraction of sp³-hybridized carbons (Fsp3) is 0.353. The molecule has 21 heavy (non-hydrogen) atoms. The molecule has 0 fully saturated rings. The molecule has 0 aliphatic rings. The van der Waals surface area contributed by atoms with Gasteiger partial charge in [-0.3, -0.25) is 0 Å². The first-order valence-corrected chi connectivity index (χ1v) is 7.21. The number of carbonyl (C=O) groups excluding carboxylic acids is 1. The Morgan fingerprint density at radius 3 is 2.71 bits per heavy atom. The number of carbonyl (C=O) groups is 1. The maximum Gasteiger partial charge on any atom is 0.317 e. The zero-order chi connectivity index (χ0) is 15.2. The summed E-state index contributed by atoms with van der Waals surface area (Å²) in [6.45, 7) is 2.58. The molecule has 2 aromatic carbocycles. The second kappa shape index (κ2) is 7.09. The molecule has 0 radical (unpaired) electrons. The van der Waals surface area contributed by atoms with E-state index >= 15 is 0 Å². The summed E-state index contributed by atoms with van der Waals surface area (Å²) in [4.78, 5) is 13.3. The van der Waals surface area contributed by atoms with E-state index in [2.05, 4.69) is 29.6 Å². The van der Waals surface area contributed by atoms with Gasteiger partial charge in [-0.1, -0.05) is 42.5 Å². The maximum atomic E-state index is 11.8. The molecule has 0 bridgehead atoms. The van der Waals surface area contributed by atoms with E-state index in [0.29, 0.717) is 13.1 Å². The van der Waals surface area contributed by atoms with Crippen molar-refractivity contribution in [2.45, 2.75) is 19.4 Å². The Labute approximate surface area is 125 Å². The van der Waals surface area contributed by atoms with Gasteiger partial charge in [-0.2, -0.15) is 0 Å². The first kappa shape index (κ1) is 15.3. The van der Waals surface area contributed by atoms with E-state index < -0.39 is 6.10 Å². The van der Waals surface area contributed by atoms with Crippen molar-refractivity contribution < 1.29 is 9.90 Å². The largest absolute Gasteiger partial charge is 0.392 e. The van der Waals surface area contributed by atoms with Crippen molar-refractivity contribution >= 4 is 16.8 Å². The van der Waals surface area contributed by atoms with Crippen LogP contribution in [0.1, 0.15) is 12.5 Å². The Hall–Kier alpha value is -2.07. The van der Waals surface area contributed by atoms with Crippen LogP contribution in [0.3, 0.4) is 0 Å². The Balaban J connectivity index is 1.92. The lowest BCUT2D eigenvalue weighted by atomic mass is 10.0. The number of hydrogen-bond acceptors (Lipinski definition) is 2. The molecule has 4 nitrogen and oxygen atoms in total. The van der Waals surface area contributed by atoms with Crippen LogP contribution in [0.5, 0.6) is 0 Å². The normalized spacial score (nSPS) is 12.1.